The van der Waals surface area contributed by atoms with E-state index in [1.54, 1.807) is 13.0 Å². The monoisotopic (exact) mass is 193 g/mol. The Hall–Kier alpha value is -2.11. The number of fused-ring (bicyclic) bond motifs is 1. The van der Waals surface area contributed by atoms with Gasteiger partial charge in [0.1, 0.15) is 5.56 Å². The molecule has 14 heavy (non-hydrogen) atoms. The van der Waals surface area contributed by atoms with Crippen LogP contribution in [0, 0.1) is 6.92 Å². The minimum Gasteiger partial charge on any atom is -0.493 e. The lowest BCUT2D eigenvalue weighted by atomic mass is 10.3. The van der Waals surface area contributed by atoms with E-state index in [0.29, 0.717) is 11.3 Å². The first kappa shape index (κ1) is 8.49. The van der Waals surface area contributed by atoms with Crippen LogP contribution in [0.5, 0.6) is 5.88 Å². The number of rotatable bonds is 1. The standard InChI is InChI=1S/C8H7N3O3/c1-4-2-6-9-3-5(8(13)14)7(12)11(6)10-4/h2-3,12H,1H3,(H,13,14). The van der Waals surface area contributed by atoms with Crippen LogP contribution >= 0.6 is 0 Å². The van der Waals surface area contributed by atoms with Gasteiger partial charge < -0.3 is 10.2 Å². The third-order valence-corrected chi connectivity index (χ3v) is 1.81. The Balaban J connectivity index is 2.80. The van der Waals surface area contributed by atoms with E-state index in [9.17, 15) is 9.90 Å². The van der Waals surface area contributed by atoms with Crippen molar-refractivity contribution in [2.75, 3.05) is 0 Å². The quantitative estimate of drug-likeness (QED) is 0.686. The van der Waals surface area contributed by atoms with Crippen LogP contribution in [0.15, 0.2) is 12.3 Å². The van der Waals surface area contributed by atoms with Gasteiger partial charge in [0.25, 0.3) is 0 Å². The van der Waals surface area contributed by atoms with Crippen molar-refractivity contribution >= 4 is 11.6 Å². The van der Waals surface area contributed by atoms with Gasteiger partial charge in [0.05, 0.1) is 5.69 Å². The van der Waals surface area contributed by atoms with Gasteiger partial charge in [-0.15, -0.1) is 0 Å². The molecule has 0 saturated carbocycles. The van der Waals surface area contributed by atoms with Crippen molar-refractivity contribution in [1.82, 2.24) is 14.6 Å². The Bertz CT molecular complexity index is 518. The third kappa shape index (κ3) is 1.08. The van der Waals surface area contributed by atoms with Gasteiger partial charge in [-0.2, -0.15) is 9.61 Å². The van der Waals surface area contributed by atoms with Gasteiger partial charge in [0.2, 0.25) is 5.88 Å². The Labute approximate surface area is 78.4 Å². The molecule has 0 aliphatic rings. The number of aryl methyl sites for hydroxylation is 1. The molecule has 0 aromatic carbocycles. The van der Waals surface area contributed by atoms with Gasteiger partial charge in [-0.3, -0.25) is 0 Å². The van der Waals surface area contributed by atoms with Crippen molar-refractivity contribution < 1.29 is 15.0 Å². The Kier molecular flexibility index (Phi) is 1.63. The summed E-state index contributed by atoms with van der Waals surface area (Å²) in [6, 6.07) is 1.64. The number of aromatic carboxylic acids is 1. The van der Waals surface area contributed by atoms with Gasteiger partial charge in [-0.25, -0.2) is 9.78 Å². The van der Waals surface area contributed by atoms with Gasteiger partial charge in [-0.1, -0.05) is 0 Å². The molecule has 72 valence electrons. The van der Waals surface area contributed by atoms with Crippen molar-refractivity contribution in [3.05, 3.63) is 23.5 Å². The highest BCUT2D eigenvalue weighted by atomic mass is 16.4. The molecule has 2 aromatic rings. The van der Waals surface area contributed by atoms with E-state index in [1.165, 1.54) is 0 Å². The first-order valence-corrected chi connectivity index (χ1v) is 3.87. The molecule has 0 bridgehead atoms. The molecule has 0 amide bonds. The summed E-state index contributed by atoms with van der Waals surface area (Å²) in [5.74, 6) is -1.64. The van der Waals surface area contributed by atoms with E-state index in [2.05, 4.69) is 10.1 Å². The summed E-state index contributed by atoms with van der Waals surface area (Å²) in [5.41, 5.74) is 0.820. The highest BCUT2D eigenvalue weighted by Gasteiger charge is 2.14. The average molecular weight is 193 g/mol. The number of carboxylic acids is 1. The number of hydrogen-bond acceptors (Lipinski definition) is 4. The van der Waals surface area contributed by atoms with Crippen LogP contribution in [0.1, 0.15) is 16.1 Å². The molecule has 0 spiro atoms. The van der Waals surface area contributed by atoms with Crippen molar-refractivity contribution in [2.24, 2.45) is 0 Å². The summed E-state index contributed by atoms with van der Waals surface area (Å²) < 4.78 is 1.10. The van der Waals surface area contributed by atoms with Crippen LogP contribution in [0.25, 0.3) is 5.65 Å². The lowest BCUT2D eigenvalue weighted by Crippen LogP contribution is -2.02. The smallest absolute Gasteiger partial charge is 0.342 e. The number of aromatic hydroxyl groups is 1. The van der Waals surface area contributed by atoms with E-state index < -0.39 is 11.8 Å². The molecule has 6 nitrogen and oxygen atoms in total. The first-order chi connectivity index (χ1) is 6.59. The zero-order valence-electron chi connectivity index (χ0n) is 7.30. The van der Waals surface area contributed by atoms with E-state index in [4.69, 9.17) is 5.11 Å². The largest absolute Gasteiger partial charge is 0.493 e. The lowest BCUT2D eigenvalue weighted by Gasteiger charge is -1.99. The fraction of sp³-hybridized carbons (Fsp3) is 0.125. The van der Waals surface area contributed by atoms with Crippen molar-refractivity contribution in [2.45, 2.75) is 6.92 Å². The fourth-order valence-corrected chi connectivity index (χ4v) is 1.19. The SMILES string of the molecule is Cc1cc2ncc(C(=O)O)c(O)n2n1. The van der Waals surface area contributed by atoms with Crippen LogP contribution in [-0.2, 0) is 0 Å². The summed E-state index contributed by atoms with van der Waals surface area (Å²) in [6.45, 7) is 1.73. The summed E-state index contributed by atoms with van der Waals surface area (Å²) in [4.78, 5) is 14.5. The first-order valence-electron chi connectivity index (χ1n) is 3.87. The number of aromatic nitrogens is 3. The molecule has 0 unspecified atom stereocenters. The molecule has 0 aliphatic carbocycles. The molecule has 0 aliphatic heterocycles. The van der Waals surface area contributed by atoms with Crippen LogP contribution in [-0.4, -0.2) is 30.8 Å². The molecule has 2 aromatic heterocycles. The molecule has 2 N–H and O–H groups in total. The highest BCUT2D eigenvalue weighted by molar-refractivity contribution is 5.90. The molecular weight excluding hydrogens is 186 g/mol. The lowest BCUT2D eigenvalue weighted by molar-refractivity contribution is 0.0692. The molecule has 0 atom stereocenters. The Morgan fingerprint density at radius 3 is 2.93 bits per heavy atom. The van der Waals surface area contributed by atoms with E-state index in [0.717, 1.165) is 10.7 Å². The molecule has 2 heterocycles. The fourth-order valence-electron chi connectivity index (χ4n) is 1.19. The van der Waals surface area contributed by atoms with Crippen molar-refractivity contribution in [3.63, 3.8) is 0 Å². The minimum atomic E-state index is -1.23. The van der Waals surface area contributed by atoms with E-state index in [1.807, 2.05) is 0 Å². The molecule has 0 radical (unpaired) electrons. The minimum absolute atomic E-state index is 0.263. The zero-order chi connectivity index (χ0) is 10.3. The second kappa shape index (κ2) is 2.69. The summed E-state index contributed by atoms with van der Waals surface area (Å²) in [7, 11) is 0. The second-order valence-electron chi connectivity index (χ2n) is 2.86. The number of hydrogen-bond donors (Lipinski definition) is 2. The number of carboxylic acid groups (broad SMARTS) is 1. The molecular formula is C8H7N3O3. The number of carbonyl (C=O) groups is 1. The zero-order valence-corrected chi connectivity index (χ0v) is 7.30. The summed E-state index contributed by atoms with van der Waals surface area (Å²) in [5, 5.41) is 22.1. The highest BCUT2D eigenvalue weighted by Crippen LogP contribution is 2.17. The maximum absolute atomic E-state index is 10.6. The summed E-state index contributed by atoms with van der Waals surface area (Å²) in [6.07, 6.45) is 1.11. The molecule has 6 heteroatoms. The van der Waals surface area contributed by atoms with Crippen LogP contribution in [0.2, 0.25) is 0 Å². The van der Waals surface area contributed by atoms with Crippen molar-refractivity contribution in [1.29, 1.82) is 0 Å². The third-order valence-electron chi connectivity index (χ3n) is 1.81. The normalized spacial score (nSPS) is 10.6. The summed E-state index contributed by atoms with van der Waals surface area (Å²) >= 11 is 0. The van der Waals surface area contributed by atoms with Crippen LogP contribution in [0.4, 0.5) is 0 Å². The number of nitrogens with zero attached hydrogens (tertiary/aromatic N) is 3. The van der Waals surface area contributed by atoms with Gasteiger partial charge >= 0.3 is 5.97 Å². The van der Waals surface area contributed by atoms with Crippen LogP contribution < -0.4 is 0 Å². The predicted octanol–water partition coefficient (Wildman–Crippen LogP) is 0.442. The Morgan fingerprint density at radius 2 is 2.29 bits per heavy atom. The van der Waals surface area contributed by atoms with Gasteiger partial charge in [0, 0.05) is 12.3 Å². The Morgan fingerprint density at radius 1 is 1.57 bits per heavy atom. The maximum Gasteiger partial charge on any atom is 0.342 e. The van der Waals surface area contributed by atoms with Crippen molar-refractivity contribution in [3.8, 4) is 5.88 Å². The second-order valence-corrected chi connectivity index (χ2v) is 2.86. The van der Waals surface area contributed by atoms with Crippen LogP contribution in [0.3, 0.4) is 0 Å². The van der Waals surface area contributed by atoms with Gasteiger partial charge in [-0.05, 0) is 6.92 Å². The predicted molar refractivity (Wildman–Crippen MR) is 46.3 cm³/mol. The molecule has 2 rings (SSSR count). The maximum atomic E-state index is 10.6. The average Bonchev–Trinajstić information content (AvgIpc) is 2.46. The molecule has 0 fully saturated rings. The topological polar surface area (TPSA) is 87.7 Å². The van der Waals surface area contributed by atoms with E-state index >= 15 is 0 Å². The van der Waals surface area contributed by atoms with E-state index in [-0.39, 0.29) is 5.56 Å². The van der Waals surface area contributed by atoms with Gasteiger partial charge in [0.15, 0.2) is 5.65 Å². The molecule has 0 saturated heterocycles.